The Morgan fingerprint density at radius 2 is 0.818 bits per heavy atom. The van der Waals surface area contributed by atoms with Gasteiger partial charge in [0.05, 0.1) is 0 Å². The molecule has 0 saturated carbocycles. The zero-order valence-corrected chi connectivity index (χ0v) is 16.2. The van der Waals surface area contributed by atoms with Gasteiger partial charge in [-0.05, 0) is 22.3 Å². The average molecular weight is 304 g/mol. The summed E-state index contributed by atoms with van der Waals surface area (Å²) in [6, 6.07) is 17.4. The molecular formula is C22H38. The number of benzene rings is 2. The standard InChI is InChI=1S/C14H12.4C2H6.H2/c1-10-11-6-2-4-8-13(11)14-9-5-3-7-12(10)14;4*1-2;/h2-10H,1H3;4*1-2H3;1H/i;;;;;1+1. The maximum atomic E-state index is 2.28. The van der Waals surface area contributed by atoms with E-state index in [0.29, 0.717) is 5.92 Å². The van der Waals surface area contributed by atoms with Crippen molar-refractivity contribution in [2.75, 3.05) is 0 Å². The zero-order valence-electron chi connectivity index (χ0n) is 16.2. The molecule has 2 aromatic rings. The SMILES string of the molecule is CC.CC.CC.CC.CC1c2ccccc2-c2ccccc21.[2HH]. The van der Waals surface area contributed by atoms with Gasteiger partial charge in [0.2, 0.25) is 0 Å². The lowest BCUT2D eigenvalue weighted by molar-refractivity contribution is 0.957. The summed E-state index contributed by atoms with van der Waals surface area (Å²) in [6.45, 7) is 18.3. The molecule has 0 radical (unpaired) electrons. The van der Waals surface area contributed by atoms with E-state index >= 15 is 0 Å². The van der Waals surface area contributed by atoms with E-state index < -0.39 is 0 Å². The molecule has 0 fully saturated rings. The molecule has 0 heteroatoms. The summed E-state index contributed by atoms with van der Waals surface area (Å²) in [4.78, 5) is 0. The molecule has 1 aliphatic rings. The Balaban J connectivity index is -0.000000394. The van der Waals surface area contributed by atoms with Gasteiger partial charge in [-0.25, -0.2) is 0 Å². The molecule has 0 aliphatic heterocycles. The van der Waals surface area contributed by atoms with Crippen LogP contribution < -0.4 is 0 Å². The van der Waals surface area contributed by atoms with Crippen LogP contribution in [-0.4, -0.2) is 0 Å². The summed E-state index contributed by atoms with van der Waals surface area (Å²) in [5.41, 5.74) is 5.76. The molecule has 0 amide bonds. The first-order valence-electron chi connectivity index (χ1n) is 9.06. The Morgan fingerprint density at radius 3 is 1.14 bits per heavy atom. The summed E-state index contributed by atoms with van der Waals surface area (Å²) in [7, 11) is 0. The van der Waals surface area contributed by atoms with Crippen LogP contribution in [0.15, 0.2) is 48.5 Å². The van der Waals surface area contributed by atoms with E-state index in [2.05, 4.69) is 55.5 Å². The Morgan fingerprint density at radius 1 is 0.545 bits per heavy atom. The highest BCUT2D eigenvalue weighted by molar-refractivity contribution is 5.78. The second-order valence-electron chi connectivity index (χ2n) is 3.90. The lowest BCUT2D eigenvalue weighted by atomic mass is 10.00. The fourth-order valence-corrected chi connectivity index (χ4v) is 2.41. The van der Waals surface area contributed by atoms with Gasteiger partial charge in [-0.1, -0.05) is 111 Å². The Hall–Kier alpha value is -1.56. The van der Waals surface area contributed by atoms with E-state index in [-0.39, 0.29) is 1.43 Å². The van der Waals surface area contributed by atoms with Crippen LogP contribution in [0.4, 0.5) is 0 Å². The van der Waals surface area contributed by atoms with E-state index in [0.717, 1.165) is 0 Å². The number of fused-ring (bicyclic) bond motifs is 3. The fraction of sp³-hybridized carbons (Fsp3) is 0.455. The largest absolute Gasteiger partial charge is 0.0683 e. The molecule has 0 N–H and O–H groups in total. The van der Waals surface area contributed by atoms with Gasteiger partial charge in [0.1, 0.15) is 0 Å². The zero-order chi connectivity index (χ0) is 17.5. The van der Waals surface area contributed by atoms with Gasteiger partial charge in [0.25, 0.3) is 0 Å². The maximum absolute atomic E-state index is 2.28. The Bertz CT molecular complexity index is 443. The summed E-state index contributed by atoms with van der Waals surface area (Å²) < 4.78 is 0. The molecule has 3 rings (SSSR count). The molecular weight excluding hydrogens is 264 g/mol. The summed E-state index contributed by atoms with van der Waals surface area (Å²) >= 11 is 0. The van der Waals surface area contributed by atoms with Crippen molar-refractivity contribution in [3.05, 3.63) is 59.7 Å². The van der Waals surface area contributed by atoms with E-state index in [1.165, 1.54) is 22.3 Å². The van der Waals surface area contributed by atoms with Gasteiger partial charge in [0, 0.05) is 7.34 Å². The monoisotopic (exact) mass is 303 g/mol. The maximum Gasteiger partial charge on any atom is 0.00733 e. The van der Waals surface area contributed by atoms with E-state index in [4.69, 9.17) is 0 Å². The van der Waals surface area contributed by atoms with Crippen molar-refractivity contribution in [2.45, 2.75) is 68.2 Å². The van der Waals surface area contributed by atoms with Crippen LogP contribution in [0.5, 0.6) is 0 Å². The van der Waals surface area contributed by atoms with Crippen LogP contribution >= 0.6 is 0 Å². The minimum atomic E-state index is 0. The van der Waals surface area contributed by atoms with Crippen LogP contribution in [0.1, 0.15) is 80.8 Å². The van der Waals surface area contributed by atoms with Crippen LogP contribution in [0.25, 0.3) is 11.1 Å². The molecule has 1 aliphatic carbocycles. The smallest absolute Gasteiger partial charge is 0.00733 e. The second kappa shape index (κ2) is 14.4. The molecule has 0 spiro atoms. The van der Waals surface area contributed by atoms with E-state index in [1.807, 2.05) is 55.4 Å². The minimum absolute atomic E-state index is 0. The highest BCUT2D eigenvalue weighted by Gasteiger charge is 2.23. The normalized spacial score (nSPS) is 9.86. The molecule has 0 bridgehead atoms. The van der Waals surface area contributed by atoms with E-state index in [1.54, 1.807) is 0 Å². The molecule has 0 nitrogen and oxygen atoms in total. The number of hydrogen-bond donors (Lipinski definition) is 0. The van der Waals surface area contributed by atoms with Crippen LogP contribution in [0, 0.1) is 0 Å². The highest BCUT2D eigenvalue weighted by atomic mass is 14.3. The first-order chi connectivity index (χ1) is 10.9. The number of rotatable bonds is 0. The van der Waals surface area contributed by atoms with Crippen molar-refractivity contribution in [3.8, 4) is 11.1 Å². The van der Waals surface area contributed by atoms with Crippen molar-refractivity contribution in [2.24, 2.45) is 0 Å². The van der Waals surface area contributed by atoms with Gasteiger partial charge >= 0.3 is 0 Å². The molecule has 0 saturated heterocycles. The van der Waals surface area contributed by atoms with Crippen molar-refractivity contribution in [1.82, 2.24) is 0 Å². The van der Waals surface area contributed by atoms with Crippen LogP contribution in [-0.2, 0) is 0 Å². The third-order valence-corrected chi connectivity index (χ3v) is 3.14. The number of hydrogen-bond acceptors (Lipinski definition) is 0. The van der Waals surface area contributed by atoms with Crippen LogP contribution in [0.2, 0.25) is 0 Å². The Kier molecular flexibility index (Phi) is 14.8. The third kappa shape index (κ3) is 5.33. The topological polar surface area (TPSA) is 0 Å². The fourth-order valence-electron chi connectivity index (χ4n) is 2.41. The van der Waals surface area contributed by atoms with E-state index in [9.17, 15) is 0 Å². The minimum Gasteiger partial charge on any atom is -0.0683 e. The first kappa shape index (κ1) is 22.7. The summed E-state index contributed by atoms with van der Waals surface area (Å²) in [6.07, 6.45) is 0. The second-order valence-corrected chi connectivity index (χ2v) is 3.90. The third-order valence-electron chi connectivity index (χ3n) is 3.14. The molecule has 0 heterocycles. The summed E-state index contributed by atoms with van der Waals surface area (Å²) in [5, 5.41) is 0. The van der Waals surface area contributed by atoms with Crippen molar-refractivity contribution in [1.29, 1.82) is 0 Å². The molecule has 0 aromatic heterocycles. The summed E-state index contributed by atoms with van der Waals surface area (Å²) in [5.74, 6) is 0.558. The lowest BCUT2D eigenvalue weighted by Crippen LogP contribution is -1.87. The van der Waals surface area contributed by atoms with Gasteiger partial charge < -0.3 is 0 Å². The predicted octanol–water partition coefficient (Wildman–Crippen LogP) is 8.17. The first-order valence-corrected chi connectivity index (χ1v) is 9.06. The van der Waals surface area contributed by atoms with Crippen molar-refractivity contribution >= 4 is 0 Å². The van der Waals surface area contributed by atoms with Gasteiger partial charge in [0.15, 0.2) is 0 Å². The van der Waals surface area contributed by atoms with Gasteiger partial charge in [-0.3, -0.25) is 0 Å². The molecule has 126 valence electrons. The molecule has 0 unspecified atom stereocenters. The highest BCUT2D eigenvalue weighted by Crippen LogP contribution is 2.43. The lowest BCUT2D eigenvalue weighted by Gasteiger charge is -2.04. The van der Waals surface area contributed by atoms with Crippen LogP contribution in [0.3, 0.4) is 0 Å². The average Bonchev–Trinajstić information content (AvgIpc) is 2.95. The molecule has 0 atom stereocenters. The van der Waals surface area contributed by atoms with Gasteiger partial charge in [-0.15, -0.1) is 0 Å². The van der Waals surface area contributed by atoms with Crippen molar-refractivity contribution < 1.29 is 1.43 Å². The van der Waals surface area contributed by atoms with Crippen molar-refractivity contribution in [3.63, 3.8) is 0 Å². The molecule has 2 aromatic carbocycles. The predicted molar refractivity (Wildman–Crippen MR) is 107 cm³/mol. The molecule has 22 heavy (non-hydrogen) atoms. The van der Waals surface area contributed by atoms with Gasteiger partial charge in [-0.2, -0.15) is 0 Å². The Labute approximate surface area is 141 Å². The quantitative estimate of drug-likeness (QED) is 0.460.